The lowest BCUT2D eigenvalue weighted by Crippen LogP contribution is -2.00. The van der Waals surface area contributed by atoms with Crippen molar-refractivity contribution in [2.24, 2.45) is 10.2 Å². The Morgan fingerprint density at radius 1 is 1.00 bits per heavy atom. The minimum atomic E-state index is -0.796. The summed E-state index contributed by atoms with van der Waals surface area (Å²) >= 11 is 0. The van der Waals surface area contributed by atoms with Gasteiger partial charge in [0.1, 0.15) is 6.61 Å². The molecule has 2 aromatic carbocycles. The fourth-order valence-corrected chi connectivity index (χ4v) is 1.79. The van der Waals surface area contributed by atoms with Crippen molar-refractivity contribution < 1.29 is 13.5 Å². The zero-order chi connectivity index (χ0) is 16.7. The van der Waals surface area contributed by atoms with Gasteiger partial charge in [-0.25, -0.2) is 8.78 Å². The Morgan fingerprint density at radius 2 is 1.57 bits per heavy atom. The van der Waals surface area contributed by atoms with Gasteiger partial charge >= 0.3 is 0 Å². The van der Waals surface area contributed by atoms with Crippen molar-refractivity contribution in [1.82, 2.24) is 0 Å². The Morgan fingerprint density at radius 3 is 2.13 bits per heavy atom. The topological polar surface area (TPSA) is 34.0 Å². The van der Waals surface area contributed by atoms with E-state index >= 15 is 0 Å². The summed E-state index contributed by atoms with van der Waals surface area (Å²) in [5.74, 6) is -2.02. The Kier molecular flexibility index (Phi) is 5.74. The molecule has 0 spiro atoms. The number of halogens is 2. The maximum Gasteiger partial charge on any atom is 0.191 e. The van der Waals surface area contributed by atoms with Crippen molar-refractivity contribution in [2.75, 3.05) is 6.61 Å². The van der Waals surface area contributed by atoms with Crippen molar-refractivity contribution in [1.29, 1.82) is 0 Å². The summed E-state index contributed by atoms with van der Waals surface area (Å²) in [4.78, 5) is 0. The monoisotopic (exact) mass is 314 g/mol. The van der Waals surface area contributed by atoms with Gasteiger partial charge in [0, 0.05) is 5.56 Å². The van der Waals surface area contributed by atoms with Gasteiger partial charge in [0.25, 0.3) is 0 Å². The molecular weight excluding hydrogens is 298 g/mol. The molecule has 0 N–H and O–H groups in total. The van der Waals surface area contributed by atoms with Gasteiger partial charge in [-0.05, 0) is 24.6 Å². The van der Waals surface area contributed by atoms with E-state index in [0.717, 1.165) is 23.3 Å². The Balaban J connectivity index is 2.07. The minimum Gasteiger partial charge on any atom is -0.483 e. The third kappa shape index (κ3) is 4.85. The van der Waals surface area contributed by atoms with Gasteiger partial charge in [0.15, 0.2) is 17.4 Å². The molecule has 2 aromatic rings. The first kappa shape index (κ1) is 16.5. The molecule has 0 radical (unpaired) electrons. The zero-order valence-corrected chi connectivity index (χ0v) is 12.7. The summed E-state index contributed by atoms with van der Waals surface area (Å²) in [6, 6.07) is 9.98. The maximum absolute atomic E-state index is 13.7. The van der Waals surface area contributed by atoms with Gasteiger partial charge in [-0.1, -0.05) is 42.5 Å². The second kappa shape index (κ2) is 7.98. The van der Waals surface area contributed by atoms with E-state index in [1.807, 2.05) is 31.2 Å². The maximum atomic E-state index is 13.7. The van der Waals surface area contributed by atoms with Crippen molar-refractivity contribution in [3.8, 4) is 5.75 Å². The number of hydrogen-bond acceptors (Lipinski definition) is 3. The van der Waals surface area contributed by atoms with Crippen LogP contribution in [0.2, 0.25) is 0 Å². The number of nitrogens with zero attached hydrogens (tertiary/aromatic N) is 2. The summed E-state index contributed by atoms with van der Waals surface area (Å²) in [7, 11) is 0. The van der Waals surface area contributed by atoms with Gasteiger partial charge < -0.3 is 4.74 Å². The van der Waals surface area contributed by atoms with E-state index in [4.69, 9.17) is 4.74 Å². The predicted molar refractivity (Wildman–Crippen MR) is 88.4 cm³/mol. The summed E-state index contributed by atoms with van der Waals surface area (Å²) in [6.07, 6.45) is 4.24. The number of rotatable bonds is 6. The highest BCUT2D eigenvalue weighted by molar-refractivity contribution is 5.82. The van der Waals surface area contributed by atoms with Crippen LogP contribution in [0.25, 0.3) is 0 Å². The third-order valence-corrected chi connectivity index (χ3v) is 2.92. The molecule has 0 heterocycles. The summed E-state index contributed by atoms with van der Waals surface area (Å²) < 4.78 is 32.4. The van der Waals surface area contributed by atoms with Crippen LogP contribution >= 0.6 is 0 Å². The molecule has 2 rings (SSSR count). The van der Waals surface area contributed by atoms with Gasteiger partial charge in [-0.15, -0.1) is 0 Å². The van der Waals surface area contributed by atoms with Gasteiger partial charge in [-0.3, -0.25) is 0 Å². The first-order valence-electron chi connectivity index (χ1n) is 6.96. The molecule has 0 aliphatic carbocycles. The van der Waals surface area contributed by atoms with E-state index in [1.54, 1.807) is 6.21 Å². The Bertz CT molecular complexity index is 714. The average molecular weight is 314 g/mol. The van der Waals surface area contributed by atoms with Crippen LogP contribution in [0.3, 0.4) is 0 Å². The Hall–Kier alpha value is -2.82. The van der Waals surface area contributed by atoms with E-state index < -0.39 is 17.4 Å². The third-order valence-electron chi connectivity index (χ3n) is 2.92. The van der Waals surface area contributed by atoms with Crippen LogP contribution in [0.5, 0.6) is 5.75 Å². The van der Waals surface area contributed by atoms with E-state index in [0.29, 0.717) is 0 Å². The largest absolute Gasteiger partial charge is 0.483 e. The first-order chi connectivity index (χ1) is 11.1. The van der Waals surface area contributed by atoms with Gasteiger partial charge in [0.05, 0.1) is 12.4 Å². The van der Waals surface area contributed by atoms with Crippen LogP contribution in [-0.2, 0) is 0 Å². The highest BCUT2D eigenvalue weighted by Gasteiger charge is 2.11. The molecule has 0 amide bonds. The smallest absolute Gasteiger partial charge is 0.191 e. The van der Waals surface area contributed by atoms with E-state index in [9.17, 15) is 8.78 Å². The molecule has 0 aliphatic rings. The lowest BCUT2D eigenvalue weighted by atomic mass is 10.2. The lowest BCUT2D eigenvalue weighted by Gasteiger charge is -2.06. The van der Waals surface area contributed by atoms with Crippen LogP contribution in [0.4, 0.5) is 8.78 Å². The predicted octanol–water partition coefficient (Wildman–Crippen LogP) is 4.29. The van der Waals surface area contributed by atoms with E-state index in [-0.39, 0.29) is 12.2 Å². The molecule has 0 aliphatic heterocycles. The molecular formula is C18H16F2N2O. The van der Waals surface area contributed by atoms with Gasteiger partial charge in [0.2, 0.25) is 0 Å². The number of hydrogen-bond donors (Lipinski definition) is 0. The lowest BCUT2D eigenvalue weighted by molar-refractivity contribution is 0.321. The number of ether oxygens (including phenoxy) is 1. The van der Waals surface area contributed by atoms with Crippen molar-refractivity contribution in [2.45, 2.75) is 6.92 Å². The van der Waals surface area contributed by atoms with Crippen molar-refractivity contribution >= 4 is 12.4 Å². The second-order valence-corrected chi connectivity index (χ2v) is 4.81. The Labute approximate surface area is 133 Å². The van der Waals surface area contributed by atoms with Gasteiger partial charge in [-0.2, -0.15) is 10.2 Å². The van der Waals surface area contributed by atoms with E-state index in [1.165, 1.54) is 12.3 Å². The normalized spacial score (nSPS) is 11.3. The highest BCUT2D eigenvalue weighted by Crippen LogP contribution is 2.22. The molecule has 0 aromatic heterocycles. The summed E-state index contributed by atoms with van der Waals surface area (Å²) in [6.45, 7) is 5.45. The second-order valence-electron chi connectivity index (χ2n) is 4.81. The van der Waals surface area contributed by atoms with Crippen LogP contribution in [0, 0.1) is 18.6 Å². The fraction of sp³-hybridized carbons (Fsp3) is 0.111. The van der Waals surface area contributed by atoms with Crippen molar-refractivity contribution in [3.63, 3.8) is 0 Å². The molecule has 0 bridgehead atoms. The molecule has 0 atom stereocenters. The van der Waals surface area contributed by atoms with Crippen molar-refractivity contribution in [3.05, 3.63) is 77.4 Å². The zero-order valence-electron chi connectivity index (χ0n) is 12.7. The summed E-state index contributed by atoms with van der Waals surface area (Å²) in [5, 5.41) is 7.64. The quantitative estimate of drug-likeness (QED) is 0.445. The fourth-order valence-electron chi connectivity index (χ4n) is 1.79. The molecule has 118 valence electrons. The van der Waals surface area contributed by atoms with Crippen LogP contribution in [-0.4, -0.2) is 19.0 Å². The van der Waals surface area contributed by atoms with Crippen LogP contribution in [0.1, 0.15) is 16.7 Å². The summed E-state index contributed by atoms with van der Waals surface area (Å²) in [5.41, 5.74) is 2.29. The average Bonchev–Trinajstić information content (AvgIpc) is 2.52. The molecule has 0 saturated heterocycles. The number of aryl methyl sites for hydroxylation is 1. The molecule has 0 saturated carbocycles. The highest BCUT2D eigenvalue weighted by atomic mass is 19.1. The number of benzene rings is 2. The van der Waals surface area contributed by atoms with Crippen LogP contribution < -0.4 is 4.74 Å². The minimum absolute atomic E-state index is 0.0299. The van der Waals surface area contributed by atoms with Crippen LogP contribution in [0.15, 0.2) is 59.3 Å². The SMILES string of the molecule is C=CCOc1c(F)cc(/C=N/N=C/c2ccc(C)cc2)cc1F. The van der Waals surface area contributed by atoms with E-state index in [2.05, 4.69) is 16.8 Å². The molecule has 5 heteroatoms. The molecule has 0 unspecified atom stereocenters. The standard InChI is InChI=1S/C18H16F2N2O/c1-3-8-23-18-16(19)9-15(10-17(18)20)12-22-21-11-14-6-4-13(2)5-7-14/h3-7,9-12H,1,8H2,2H3/b21-11+,22-12+. The first-order valence-corrected chi connectivity index (χ1v) is 6.96. The molecule has 0 fully saturated rings. The molecule has 3 nitrogen and oxygen atoms in total. The molecule has 23 heavy (non-hydrogen) atoms.